The van der Waals surface area contributed by atoms with Gasteiger partial charge in [-0.25, -0.2) is 0 Å². The quantitative estimate of drug-likeness (QED) is 0.766. The molecule has 0 aliphatic heterocycles. The molecule has 0 amide bonds. The largest absolute Gasteiger partial charge is 0.292 e. The van der Waals surface area contributed by atoms with Crippen molar-refractivity contribution in [3.63, 3.8) is 0 Å². The summed E-state index contributed by atoms with van der Waals surface area (Å²) >= 11 is 5.79. The predicted molar refractivity (Wildman–Crippen MR) is 67.0 cm³/mol. The molecule has 0 aromatic heterocycles. The van der Waals surface area contributed by atoms with Gasteiger partial charge in [-0.05, 0) is 18.4 Å². The lowest BCUT2D eigenvalue weighted by Gasteiger charge is -2.30. The average Bonchev–Trinajstić information content (AvgIpc) is 2.42. The van der Waals surface area contributed by atoms with Gasteiger partial charge in [-0.2, -0.15) is 10.5 Å². The molecule has 0 saturated carbocycles. The van der Waals surface area contributed by atoms with Gasteiger partial charge < -0.3 is 0 Å². The van der Waals surface area contributed by atoms with E-state index in [2.05, 4.69) is 6.07 Å². The zero-order valence-corrected chi connectivity index (χ0v) is 10.4. The molecule has 18 heavy (non-hydrogen) atoms. The fourth-order valence-corrected chi connectivity index (χ4v) is 2.64. The van der Waals surface area contributed by atoms with Crippen LogP contribution in [0.25, 0.3) is 0 Å². The van der Waals surface area contributed by atoms with Gasteiger partial charge in [0.1, 0.15) is 10.8 Å². The Morgan fingerprint density at radius 2 is 2.11 bits per heavy atom. The van der Waals surface area contributed by atoms with Crippen molar-refractivity contribution in [2.45, 2.75) is 24.6 Å². The van der Waals surface area contributed by atoms with E-state index < -0.39 is 10.8 Å². The minimum absolute atomic E-state index is 0.0920. The molecule has 1 aliphatic rings. The van der Waals surface area contributed by atoms with Gasteiger partial charge in [-0.15, -0.1) is 11.6 Å². The molecule has 0 fully saturated rings. The Morgan fingerprint density at radius 3 is 2.78 bits per heavy atom. The zero-order chi connectivity index (χ0) is 13.2. The number of nitrogens with zero attached hydrogens (tertiary/aromatic N) is 2. The van der Waals surface area contributed by atoms with E-state index >= 15 is 0 Å². The molecule has 4 heteroatoms. The van der Waals surface area contributed by atoms with E-state index in [4.69, 9.17) is 16.9 Å². The highest BCUT2D eigenvalue weighted by Gasteiger charge is 2.44. The first-order chi connectivity index (χ1) is 8.63. The Labute approximate surface area is 111 Å². The number of halogens is 1. The van der Waals surface area contributed by atoms with Gasteiger partial charge in [-0.3, -0.25) is 4.79 Å². The molecule has 3 nitrogen and oxygen atoms in total. The molecule has 0 bridgehead atoms. The Balaban J connectivity index is 2.40. The van der Waals surface area contributed by atoms with E-state index in [1.165, 1.54) is 0 Å². The SMILES string of the molecule is N#C[C@H](Cl)C[C@]1(C#N)CCc2ccccc2C1=O. The summed E-state index contributed by atoms with van der Waals surface area (Å²) in [6.07, 6.45) is 1.20. The summed E-state index contributed by atoms with van der Waals surface area (Å²) in [6, 6.07) is 11.3. The number of nitriles is 2. The van der Waals surface area contributed by atoms with Crippen LogP contribution in [0.1, 0.15) is 28.8 Å². The van der Waals surface area contributed by atoms with Crippen molar-refractivity contribution in [1.82, 2.24) is 0 Å². The van der Waals surface area contributed by atoms with Crippen molar-refractivity contribution in [3.8, 4) is 12.1 Å². The van der Waals surface area contributed by atoms with Crippen molar-refractivity contribution >= 4 is 17.4 Å². The molecular formula is C14H11ClN2O. The number of ketones is 1. The fourth-order valence-electron chi connectivity index (χ4n) is 2.38. The third-order valence-electron chi connectivity index (χ3n) is 3.40. The highest BCUT2D eigenvalue weighted by Crippen LogP contribution is 2.39. The summed E-state index contributed by atoms with van der Waals surface area (Å²) in [4.78, 5) is 12.4. The third-order valence-corrected chi connectivity index (χ3v) is 3.65. The van der Waals surface area contributed by atoms with Gasteiger partial charge in [0, 0.05) is 12.0 Å². The molecule has 1 aromatic carbocycles. The molecule has 0 radical (unpaired) electrons. The monoisotopic (exact) mass is 258 g/mol. The number of carbonyl (C=O) groups is 1. The molecule has 0 saturated heterocycles. The predicted octanol–water partition coefficient (Wildman–Crippen LogP) is 2.85. The second-order valence-corrected chi connectivity index (χ2v) is 5.01. The molecule has 0 unspecified atom stereocenters. The number of alkyl halides is 1. The first-order valence-electron chi connectivity index (χ1n) is 5.70. The molecule has 90 valence electrons. The Kier molecular flexibility index (Phi) is 3.36. The van der Waals surface area contributed by atoms with Gasteiger partial charge in [0.25, 0.3) is 0 Å². The van der Waals surface area contributed by atoms with Crippen LogP contribution in [0.2, 0.25) is 0 Å². The van der Waals surface area contributed by atoms with Crippen LogP contribution >= 0.6 is 11.6 Å². The van der Waals surface area contributed by atoms with Crippen molar-refractivity contribution in [2.75, 3.05) is 0 Å². The molecule has 1 aliphatic carbocycles. The minimum Gasteiger partial charge on any atom is -0.292 e. The summed E-state index contributed by atoms with van der Waals surface area (Å²) < 4.78 is 0. The third kappa shape index (κ3) is 1.98. The normalized spacial score (nSPS) is 23.6. The zero-order valence-electron chi connectivity index (χ0n) is 9.69. The van der Waals surface area contributed by atoms with Crippen molar-refractivity contribution in [2.24, 2.45) is 5.41 Å². The smallest absolute Gasteiger partial charge is 0.183 e. The number of benzene rings is 1. The summed E-state index contributed by atoms with van der Waals surface area (Å²) in [5, 5.41) is 17.3. The first kappa shape index (κ1) is 12.6. The lowest BCUT2D eigenvalue weighted by atomic mass is 9.69. The molecule has 2 atom stereocenters. The Morgan fingerprint density at radius 1 is 1.39 bits per heavy atom. The van der Waals surface area contributed by atoms with Gasteiger partial charge in [0.2, 0.25) is 0 Å². The number of Topliss-reactive ketones (excluding diaryl/α,β-unsaturated/α-hetero) is 1. The summed E-state index contributed by atoms with van der Waals surface area (Å²) in [6.45, 7) is 0. The van der Waals surface area contributed by atoms with E-state index in [1.54, 1.807) is 12.1 Å². The summed E-state index contributed by atoms with van der Waals surface area (Å²) in [5.74, 6) is -0.201. The maximum Gasteiger partial charge on any atom is 0.183 e. The van der Waals surface area contributed by atoms with Crippen molar-refractivity contribution in [1.29, 1.82) is 10.5 Å². The van der Waals surface area contributed by atoms with Gasteiger partial charge in [-0.1, -0.05) is 24.3 Å². The van der Waals surface area contributed by atoms with Gasteiger partial charge in [0.05, 0.1) is 12.1 Å². The average molecular weight is 259 g/mol. The molecule has 0 N–H and O–H groups in total. The maximum absolute atomic E-state index is 12.4. The van der Waals surface area contributed by atoms with Crippen LogP contribution < -0.4 is 0 Å². The van der Waals surface area contributed by atoms with E-state index in [-0.39, 0.29) is 12.2 Å². The number of hydrogen-bond acceptors (Lipinski definition) is 3. The molecule has 0 spiro atoms. The van der Waals surface area contributed by atoms with Gasteiger partial charge in [0.15, 0.2) is 5.78 Å². The van der Waals surface area contributed by atoms with E-state index in [1.807, 2.05) is 18.2 Å². The minimum atomic E-state index is -1.14. The van der Waals surface area contributed by atoms with Crippen molar-refractivity contribution in [3.05, 3.63) is 35.4 Å². The molecule has 1 aromatic rings. The van der Waals surface area contributed by atoms with Crippen LogP contribution in [-0.2, 0) is 6.42 Å². The molecular weight excluding hydrogens is 248 g/mol. The lowest BCUT2D eigenvalue weighted by Crippen LogP contribution is -2.36. The number of fused-ring (bicyclic) bond motifs is 1. The second-order valence-electron chi connectivity index (χ2n) is 4.48. The Bertz CT molecular complexity index is 570. The topological polar surface area (TPSA) is 64.7 Å². The number of aryl methyl sites for hydroxylation is 1. The van der Waals surface area contributed by atoms with Crippen LogP contribution in [0.15, 0.2) is 24.3 Å². The lowest BCUT2D eigenvalue weighted by molar-refractivity contribution is 0.0826. The number of hydrogen-bond donors (Lipinski definition) is 0. The second kappa shape index (κ2) is 4.80. The van der Waals surface area contributed by atoms with E-state index in [0.29, 0.717) is 18.4 Å². The fraction of sp³-hybridized carbons (Fsp3) is 0.357. The number of rotatable bonds is 2. The van der Waals surface area contributed by atoms with E-state index in [0.717, 1.165) is 5.56 Å². The van der Waals surface area contributed by atoms with Crippen LogP contribution in [0, 0.1) is 28.1 Å². The maximum atomic E-state index is 12.4. The van der Waals surface area contributed by atoms with Gasteiger partial charge >= 0.3 is 0 Å². The molecule has 0 heterocycles. The highest BCUT2D eigenvalue weighted by molar-refractivity contribution is 6.22. The van der Waals surface area contributed by atoms with Crippen LogP contribution in [0.4, 0.5) is 0 Å². The summed E-state index contributed by atoms with van der Waals surface area (Å²) in [7, 11) is 0. The van der Waals surface area contributed by atoms with Crippen LogP contribution in [-0.4, -0.2) is 11.2 Å². The highest BCUT2D eigenvalue weighted by atomic mass is 35.5. The van der Waals surface area contributed by atoms with Crippen molar-refractivity contribution < 1.29 is 4.79 Å². The van der Waals surface area contributed by atoms with Crippen LogP contribution in [0.3, 0.4) is 0 Å². The number of carbonyl (C=O) groups excluding carboxylic acids is 1. The first-order valence-corrected chi connectivity index (χ1v) is 6.14. The summed E-state index contributed by atoms with van der Waals surface area (Å²) in [5.41, 5.74) is 0.416. The van der Waals surface area contributed by atoms with Crippen LogP contribution in [0.5, 0.6) is 0 Å². The molecule has 2 rings (SSSR count). The van der Waals surface area contributed by atoms with E-state index in [9.17, 15) is 10.1 Å². The standard InChI is InChI=1S/C14H11ClN2O/c15-11(8-16)7-14(9-17)6-5-10-3-1-2-4-12(10)13(14)18/h1-4,11H,5-7H2/t11-,14+/m1/s1. The Hall–Kier alpha value is -1.84.